The lowest BCUT2D eigenvalue weighted by atomic mass is 10.1. The molecule has 0 aliphatic carbocycles. The molecule has 0 atom stereocenters. The first-order valence-electron chi connectivity index (χ1n) is 10.8. The fourth-order valence-electron chi connectivity index (χ4n) is 3.60. The highest BCUT2D eigenvalue weighted by Gasteiger charge is 2.28. The zero-order valence-corrected chi connectivity index (χ0v) is 24.2. The quantitative estimate of drug-likeness (QED) is 0.0860. The third-order valence-electron chi connectivity index (χ3n) is 5.43. The van der Waals surface area contributed by atoms with Crippen LogP contribution in [0.25, 0.3) is 10.8 Å². The van der Waals surface area contributed by atoms with E-state index in [4.69, 9.17) is 28.9 Å². The molecule has 0 heterocycles. The van der Waals surface area contributed by atoms with Crippen molar-refractivity contribution in [1.82, 2.24) is 0 Å². The van der Waals surface area contributed by atoms with E-state index in [9.17, 15) is 44.0 Å². The van der Waals surface area contributed by atoms with Crippen LogP contribution in [-0.4, -0.2) is 44.0 Å². The van der Waals surface area contributed by atoms with E-state index in [-0.39, 0.29) is 16.8 Å². The van der Waals surface area contributed by atoms with Gasteiger partial charge in [0.25, 0.3) is 30.4 Å². The first-order valence-corrected chi connectivity index (χ1v) is 15.9. The molecule has 15 nitrogen and oxygen atoms in total. The van der Waals surface area contributed by atoms with Gasteiger partial charge in [0.2, 0.25) is 0 Å². The normalized spacial score (nSPS) is 13.0. The van der Waals surface area contributed by atoms with Crippen molar-refractivity contribution in [1.29, 1.82) is 0 Å². The Hall–Kier alpha value is -3.75. The van der Waals surface area contributed by atoms with Crippen LogP contribution in [-0.2, 0) is 30.4 Å². The van der Waals surface area contributed by atoms with Gasteiger partial charge in [-0.2, -0.15) is 30.4 Å². The Morgan fingerprint density at radius 1 is 0.643 bits per heavy atom. The van der Waals surface area contributed by atoms with Gasteiger partial charge in [-0.05, 0) is 41.8 Å². The fourth-order valence-corrected chi connectivity index (χ4v) is 6.22. The Kier molecular flexibility index (Phi) is 8.28. The van der Waals surface area contributed by atoms with Crippen LogP contribution in [0.4, 0.5) is 28.4 Å². The van der Waals surface area contributed by atoms with Gasteiger partial charge >= 0.3 is 0 Å². The standard InChI is InChI=1S/C22H15Cl2N5O10S3/c23-12-9-15(40(31,32)33)13(24)8-14(12)27-28-20-16(41(34,35)36)6-10-7-17(42(37,38)39)21(22(30)18(10)19(20)25)29-26-11-4-2-1-3-5-11/h1-9,30H,25H2,(H,31,32,33)(H,34,35,36)(H,37,38,39). The number of nitrogens with two attached hydrogens (primary N) is 1. The molecule has 0 bridgehead atoms. The summed E-state index contributed by atoms with van der Waals surface area (Å²) in [5.41, 5.74) is 3.83. The molecule has 42 heavy (non-hydrogen) atoms. The van der Waals surface area contributed by atoms with Gasteiger partial charge in [-0.25, -0.2) is 0 Å². The van der Waals surface area contributed by atoms with E-state index >= 15 is 0 Å². The highest BCUT2D eigenvalue weighted by Crippen LogP contribution is 2.48. The lowest BCUT2D eigenvalue weighted by Crippen LogP contribution is -2.03. The number of nitrogens with zero attached hydrogens (tertiary/aromatic N) is 4. The number of phenolic OH excluding ortho intramolecular Hbond substituents is 1. The molecule has 0 aromatic heterocycles. The van der Waals surface area contributed by atoms with Gasteiger partial charge in [0.15, 0.2) is 5.75 Å². The van der Waals surface area contributed by atoms with Crippen molar-refractivity contribution >= 4 is 92.8 Å². The Morgan fingerprint density at radius 2 is 1.17 bits per heavy atom. The molecule has 0 saturated heterocycles. The third-order valence-corrected chi connectivity index (χ3v) is 8.78. The van der Waals surface area contributed by atoms with Crippen molar-refractivity contribution < 1.29 is 44.0 Å². The molecule has 0 unspecified atom stereocenters. The van der Waals surface area contributed by atoms with Crippen molar-refractivity contribution in [3.63, 3.8) is 0 Å². The predicted molar refractivity (Wildman–Crippen MR) is 151 cm³/mol. The van der Waals surface area contributed by atoms with Crippen LogP contribution in [0.3, 0.4) is 0 Å². The predicted octanol–water partition coefficient (Wildman–Crippen LogP) is 6.01. The molecule has 20 heteroatoms. The molecule has 0 amide bonds. The summed E-state index contributed by atoms with van der Waals surface area (Å²) in [5.74, 6) is -0.964. The minimum Gasteiger partial charge on any atom is -0.505 e. The number of rotatable bonds is 7. The van der Waals surface area contributed by atoms with Crippen molar-refractivity contribution in [2.24, 2.45) is 20.5 Å². The van der Waals surface area contributed by atoms with E-state index in [1.54, 1.807) is 18.2 Å². The second-order valence-electron chi connectivity index (χ2n) is 8.20. The first-order chi connectivity index (χ1) is 19.4. The SMILES string of the molecule is Nc1c(N=Nc2cc(Cl)c(S(=O)(=O)O)cc2Cl)c(S(=O)(=O)O)cc2cc(S(=O)(=O)O)c(N=Nc3ccccc3)c(O)c12. The van der Waals surface area contributed by atoms with Crippen LogP contribution in [0.2, 0.25) is 10.0 Å². The van der Waals surface area contributed by atoms with Crippen molar-refractivity contribution in [3.05, 3.63) is 64.6 Å². The van der Waals surface area contributed by atoms with Crippen molar-refractivity contribution in [3.8, 4) is 5.75 Å². The smallest absolute Gasteiger partial charge is 0.296 e. The molecule has 0 fully saturated rings. The number of hydrogen-bond acceptors (Lipinski definition) is 12. The number of anilines is 1. The monoisotopic (exact) mass is 675 g/mol. The van der Waals surface area contributed by atoms with E-state index in [2.05, 4.69) is 20.5 Å². The van der Waals surface area contributed by atoms with Gasteiger partial charge in [0, 0.05) is 0 Å². The van der Waals surface area contributed by atoms with E-state index in [1.807, 2.05) is 0 Å². The summed E-state index contributed by atoms with van der Waals surface area (Å²) in [5, 5.41) is 24.2. The lowest BCUT2D eigenvalue weighted by molar-refractivity contribution is 0.472. The Bertz CT molecular complexity index is 2160. The number of halogens is 2. The molecular formula is C22H15Cl2N5O10S3. The highest BCUT2D eigenvalue weighted by molar-refractivity contribution is 7.86. The molecule has 4 aromatic carbocycles. The van der Waals surface area contributed by atoms with Crippen molar-refractivity contribution in [2.75, 3.05) is 5.73 Å². The molecule has 0 aliphatic rings. The summed E-state index contributed by atoms with van der Waals surface area (Å²) in [6, 6.07) is 10.9. The van der Waals surface area contributed by atoms with Gasteiger partial charge in [-0.1, -0.05) is 41.4 Å². The number of nitrogen functional groups attached to an aromatic ring is 1. The van der Waals surface area contributed by atoms with E-state index in [0.29, 0.717) is 6.07 Å². The molecule has 220 valence electrons. The van der Waals surface area contributed by atoms with E-state index < -0.39 is 83.3 Å². The van der Waals surface area contributed by atoms with Gasteiger partial charge in [-0.3, -0.25) is 13.7 Å². The molecule has 0 radical (unpaired) electrons. The molecule has 4 rings (SSSR count). The molecule has 0 spiro atoms. The second-order valence-corrected chi connectivity index (χ2v) is 13.2. The zero-order valence-electron chi connectivity index (χ0n) is 20.3. The summed E-state index contributed by atoms with van der Waals surface area (Å²) >= 11 is 11.9. The number of fused-ring (bicyclic) bond motifs is 1. The average Bonchev–Trinajstić information content (AvgIpc) is 2.87. The summed E-state index contributed by atoms with van der Waals surface area (Å²) in [6.07, 6.45) is 0. The summed E-state index contributed by atoms with van der Waals surface area (Å²) < 4.78 is 100. The van der Waals surface area contributed by atoms with Gasteiger partial charge in [0.1, 0.15) is 31.7 Å². The van der Waals surface area contributed by atoms with Crippen LogP contribution >= 0.6 is 23.2 Å². The second kappa shape index (κ2) is 11.2. The Labute approximate surface area is 247 Å². The number of phenols is 1. The summed E-state index contributed by atoms with van der Waals surface area (Å²) in [6.45, 7) is 0. The van der Waals surface area contributed by atoms with Crippen LogP contribution < -0.4 is 5.73 Å². The van der Waals surface area contributed by atoms with E-state index in [0.717, 1.165) is 18.2 Å². The van der Waals surface area contributed by atoms with Crippen LogP contribution in [0, 0.1) is 0 Å². The maximum atomic E-state index is 12.2. The number of benzene rings is 4. The van der Waals surface area contributed by atoms with Crippen LogP contribution in [0.1, 0.15) is 0 Å². The minimum atomic E-state index is -5.15. The fraction of sp³-hybridized carbons (Fsp3) is 0. The van der Waals surface area contributed by atoms with Gasteiger partial charge in [-0.15, -0.1) is 15.3 Å². The number of aromatic hydroxyl groups is 1. The Morgan fingerprint density at radius 3 is 1.71 bits per heavy atom. The highest BCUT2D eigenvalue weighted by atomic mass is 35.5. The summed E-state index contributed by atoms with van der Waals surface area (Å²) in [7, 11) is -15.0. The lowest BCUT2D eigenvalue weighted by Gasteiger charge is -2.14. The molecule has 6 N–H and O–H groups in total. The van der Waals surface area contributed by atoms with Gasteiger partial charge in [0.05, 0.1) is 26.8 Å². The van der Waals surface area contributed by atoms with Gasteiger partial charge < -0.3 is 10.8 Å². The topological polar surface area (TPSA) is 259 Å². The van der Waals surface area contributed by atoms with E-state index in [1.165, 1.54) is 12.1 Å². The van der Waals surface area contributed by atoms with Crippen LogP contribution in [0.5, 0.6) is 5.75 Å². The van der Waals surface area contributed by atoms with Crippen molar-refractivity contribution in [2.45, 2.75) is 14.7 Å². The third kappa shape index (κ3) is 6.35. The largest absolute Gasteiger partial charge is 0.505 e. The summed E-state index contributed by atoms with van der Waals surface area (Å²) in [4.78, 5) is -2.73. The molecule has 4 aromatic rings. The Balaban J connectivity index is 2.02. The number of azo groups is 2. The zero-order chi connectivity index (χ0) is 31.2. The first kappa shape index (κ1) is 31.2. The van der Waals surface area contributed by atoms with Crippen LogP contribution in [0.15, 0.2) is 89.7 Å². The maximum absolute atomic E-state index is 12.2. The molecule has 0 aliphatic heterocycles. The molecule has 0 saturated carbocycles. The number of hydrogen-bond donors (Lipinski definition) is 5. The minimum absolute atomic E-state index is 0.234. The maximum Gasteiger partial charge on any atom is 0.296 e. The molecular weight excluding hydrogens is 661 g/mol. The average molecular weight is 676 g/mol.